The highest BCUT2D eigenvalue weighted by molar-refractivity contribution is 5.68. The van der Waals surface area contributed by atoms with E-state index in [4.69, 9.17) is 4.74 Å². The van der Waals surface area contributed by atoms with Crippen LogP contribution in [0.3, 0.4) is 0 Å². The molecule has 2 N–H and O–H groups in total. The first kappa shape index (κ1) is 12.6. The van der Waals surface area contributed by atoms with Gasteiger partial charge in [0.2, 0.25) is 0 Å². The number of nitrogens with one attached hydrogen (secondary N) is 1. The lowest BCUT2D eigenvalue weighted by atomic mass is 10.2. The van der Waals surface area contributed by atoms with E-state index in [0.29, 0.717) is 19.1 Å². The van der Waals surface area contributed by atoms with Crippen molar-refractivity contribution in [2.75, 3.05) is 13.1 Å². The predicted molar refractivity (Wildman–Crippen MR) is 63.8 cm³/mol. The number of carbonyl (C=O) groups excluding carboxylic acids is 1. The number of aliphatic hydroxyl groups is 1. The summed E-state index contributed by atoms with van der Waals surface area (Å²) >= 11 is 0. The lowest BCUT2D eigenvalue weighted by Crippen LogP contribution is -2.41. The zero-order chi connectivity index (χ0) is 12.6. The fraction of sp³-hybridized carbons (Fsp3) is 0.917. The number of aliphatic hydroxyl groups excluding tert-OH is 1. The summed E-state index contributed by atoms with van der Waals surface area (Å²) in [5.41, 5.74) is -0.482. The van der Waals surface area contributed by atoms with Crippen LogP contribution in [0.25, 0.3) is 0 Å². The maximum Gasteiger partial charge on any atom is 0.410 e. The zero-order valence-corrected chi connectivity index (χ0v) is 10.8. The Morgan fingerprint density at radius 2 is 2.00 bits per heavy atom. The van der Waals surface area contributed by atoms with Gasteiger partial charge in [0.25, 0.3) is 0 Å². The van der Waals surface area contributed by atoms with Crippen LogP contribution in [0.2, 0.25) is 0 Å². The van der Waals surface area contributed by atoms with Gasteiger partial charge in [-0.15, -0.1) is 0 Å². The normalized spacial score (nSPS) is 29.5. The van der Waals surface area contributed by atoms with Gasteiger partial charge in [0.05, 0.1) is 18.7 Å². The number of ether oxygens (including phenoxy) is 1. The van der Waals surface area contributed by atoms with Crippen molar-refractivity contribution >= 4 is 6.09 Å². The Morgan fingerprint density at radius 1 is 1.35 bits per heavy atom. The Morgan fingerprint density at radius 3 is 2.53 bits per heavy atom. The van der Waals surface area contributed by atoms with Crippen LogP contribution in [-0.2, 0) is 4.74 Å². The molecule has 0 radical (unpaired) electrons. The summed E-state index contributed by atoms with van der Waals surface area (Å²) in [5, 5.41) is 13.2. The lowest BCUT2D eigenvalue weighted by Gasteiger charge is -2.24. The van der Waals surface area contributed by atoms with Crippen molar-refractivity contribution < 1.29 is 14.6 Å². The number of rotatable bonds is 2. The van der Waals surface area contributed by atoms with Crippen LogP contribution >= 0.6 is 0 Å². The Hall–Kier alpha value is -0.810. The van der Waals surface area contributed by atoms with Gasteiger partial charge in [0.15, 0.2) is 0 Å². The largest absolute Gasteiger partial charge is 0.444 e. The molecule has 2 aliphatic rings. The van der Waals surface area contributed by atoms with Gasteiger partial charge >= 0.3 is 6.09 Å². The van der Waals surface area contributed by atoms with Gasteiger partial charge in [0.1, 0.15) is 5.60 Å². The summed E-state index contributed by atoms with van der Waals surface area (Å²) in [6, 6.07) is 0.531. The molecule has 5 nitrogen and oxygen atoms in total. The van der Waals surface area contributed by atoms with Crippen molar-refractivity contribution in [3.8, 4) is 0 Å². The average molecular weight is 242 g/mol. The molecule has 0 spiro atoms. The van der Waals surface area contributed by atoms with Crippen molar-refractivity contribution in [1.29, 1.82) is 0 Å². The molecule has 2 rings (SSSR count). The zero-order valence-electron chi connectivity index (χ0n) is 10.8. The number of amides is 1. The van der Waals surface area contributed by atoms with Crippen molar-refractivity contribution in [1.82, 2.24) is 10.2 Å². The quantitative estimate of drug-likeness (QED) is 0.749. The van der Waals surface area contributed by atoms with Gasteiger partial charge in [-0.3, -0.25) is 0 Å². The third kappa shape index (κ3) is 3.57. The number of β-amino-alcohol motifs (C(OH)–C–C–N with tert-alkyl or cyclic N) is 1. The van der Waals surface area contributed by atoms with Crippen LogP contribution < -0.4 is 5.32 Å². The van der Waals surface area contributed by atoms with Gasteiger partial charge in [-0.25, -0.2) is 4.79 Å². The summed E-state index contributed by atoms with van der Waals surface area (Å²) in [4.78, 5) is 13.4. The second-order valence-electron chi connectivity index (χ2n) is 6.00. The van der Waals surface area contributed by atoms with E-state index >= 15 is 0 Å². The van der Waals surface area contributed by atoms with E-state index in [-0.39, 0.29) is 12.1 Å². The highest BCUT2D eigenvalue weighted by atomic mass is 16.6. The number of hydrogen-bond donors (Lipinski definition) is 2. The van der Waals surface area contributed by atoms with E-state index in [0.717, 1.165) is 0 Å². The summed E-state index contributed by atoms with van der Waals surface area (Å²) in [5.74, 6) is 0. The van der Waals surface area contributed by atoms with E-state index in [1.165, 1.54) is 12.8 Å². The molecule has 0 bridgehead atoms. The first-order valence-corrected chi connectivity index (χ1v) is 6.27. The minimum Gasteiger partial charge on any atom is -0.444 e. The first-order valence-electron chi connectivity index (χ1n) is 6.27. The molecule has 1 heterocycles. The molecular weight excluding hydrogens is 220 g/mol. The Kier molecular flexibility index (Phi) is 3.32. The smallest absolute Gasteiger partial charge is 0.410 e. The molecule has 1 saturated heterocycles. The molecule has 0 aromatic rings. The Labute approximate surface area is 102 Å². The van der Waals surface area contributed by atoms with Crippen LogP contribution in [0, 0.1) is 0 Å². The van der Waals surface area contributed by atoms with Gasteiger partial charge in [-0.2, -0.15) is 0 Å². The molecule has 1 aliphatic carbocycles. The SMILES string of the molecule is CC(C)(C)OC(=O)N1C[C@H](O)[C@H](NC2CC2)C1. The first-order chi connectivity index (χ1) is 7.85. The highest BCUT2D eigenvalue weighted by Crippen LogP contribution is 2.23. The van der Waals surface area contributed by atoms with Crippen molar-refractivity contribution in [3.05, 3.63) is 0 Å². The van der Waals surface area contributed by atoms with Gasteiger partial charge in [-0.1, -0.05) is 0 Å². The molecule has 17 heavy (non-hydrogen) atoms. The van der Waals surface area contributed by atoms with Crippen LogP contribution in [0.1, 0.15) is 33.6 Å². The van der Waals surface area contributed by atoms with Crippen LogP contribution in [-0.4, -0.2) is 53.0 Å². The minimum atomic E-state index is -0.483. The molecule has 2 atom stereocenters. The maximum absolute atomic E-state index is 11.8. The van der Waals surface area contributed by atoms with Crippen LogP contribution in [0.5, 0.6) is 0 Å². The van der Waals surface area contributed by atoms with Gasteiger partial charge < -0.3 is 20.1 Å². The lowest BCUT2D eigenvalue weighted by molar-refractivity contribution is 0.0270. The monoisotopic (exact) mass is 242 g/mol. The summed E-state index contributed by atoms with van der Waals surface area (Å²) in [6.45, 7) is 6.43. The molecule has 2 fully saturated rings. The average Bonchev–Trinajstić information content (AvgIpc) is 2.89. The molecule has 0 aromatic heterocycles. The van der Waals surface area contributed by atoms with E-state index in [2.05, 4.69) is 5.32 Å². The molecule has 1 aliphatic heterocycles. The third-order valence-electron chi connectivity index (χ3n) is 2.97. The van der Waals surface area contributed by atoms with Crippen LogP contribution in [0.4, 0.5) is 4.79 Å². The number of carbonyl (C=O) groups is 1. The van der Waals surface area contributed by atoms with Crippen molar-refractivity contribution in [3.63, 3.8) is 0 Å². The second-order valence-corrected chi connectivity index (χ2v) is 6.00. The second kappa shape index (κ2) is 4.46. The van der Waals surface area contributed by atoms with E-state index in [9.17, 15) is 9.90 Å². The molecule has 1 amide bonds. The number of likely N-dealkylation sites (tertiary alicyclic amines) is 1. The fourth-order valence-corrected chi connectivity index (χ4v) is 1.98. The van der Waals surface area contributed by atoms with Crippen LogP contribution in [0.15, 0.2) is 0 Å². The number of hydrogen-bond acceptors (Lipinski definition) is 4. The van der Waals surface area contributed by atoms with E-state index in [1.807, 2.05) is 20.8 Å². The molecule has 1 saturated carbocycles. The third-order valence-corrected chi connectivity index (χ3v) is 2.97. The van der Waals surface area contributed by atoms with Gasteiger partial charge in [0, 0.05) is 12.6 Å². The standard InChI is InChI=1S/C12H22N2O3/c1-12(2,3)17-11(16)14-6-9(10(15)7-14)13-8-4-5-8/h8-10,13,15H,4-7H2,1-3H3/t9-,10+/m1/s1. The van der Waals surface area contributed by atoms with Crippen molar-refractivity contribution in [2.45, 2.75) is 57.4 Å². The van der Waals surface area contributed by atoms with E-state index < -0.39 is 11.7 Å². The van der Waals surface area contributed by atoms with E-state index in [1.54, 1.807) is 4.90 Å². The highest BCUT2D eigenvalue weighted by Gasteiger charge is 2.38. The summed E-state index contributed by atoms with van der Waals surface area (Å²) in [7, 11) is 0. The Balaban J connectivity index is 1.84. The maximum atomic E-state index is 11.8. The molecular formula is C12H22N2O3. The Bertz CT molecular complexity index is 297. The molecule has 98 valence electrons. The van der Waals surface area contributed by atoms with Gasteiger partial charge in [-0.05, 0) is 33.6 Å². The molecule has 5 heteroatoms. The predicted octanol–water partition coefficient (Wildman–Crippen LogP) is 0.719. The molecule has 0 unspecified atom stereocenters. The minimum absolute atomic E-state index is 0.00461. The summed E-state index contributed by atoms with van der Waals surface area (Å²) in [6.07, 6.45) is 1.53. The fourth-order valence-electron chi connectivity index (χ4n) is 1.98. The summed E-state index contributed by atoms with van der Waals surface area (Å²) < 4.78 is 5.29. The topological polar surface area (TPSA) is 61.8 Å². The van der Waals surface area contributed by atoms with Crippen molar-refractivity contribution in [2.24, 2.45) is 0 Å². The molecule has 0 aromatic carbocycles. The number of nitrogens with zero attached hydrogens (tertiary/aromatic N) is 1.